The molecule has 1 aromatic carbocycles. The zero-order chi connectivity index (χ0) is 8.97. The maximum atomic E-state index is 13.1. The van der Waals surface area contributed by atoms with Crippen LogP contribution in [0.4, 0.5) is 4.39 Å². The second kappa shape index (κ2) is 3.90. The third kappa shape index (κ3) is 1.84. The predicted octanol–water partition coefficient (Wildman–Crippen LogP) is 2.56. The lowest BCUT2D eigenvalue weighted by atomic mass is 10.1. The summed E-state index contributed by atoms with van der Waals surface area (Å²) in [5.41, 5.74) is 0.644. The van der Waals surface area contributed by atoms with E-state index in [4.69, 9.17) is 4.74 Å². The van der Waals surface area contributed by atoms with Crippen LogP contribution in [-0.4, -0.2) is 7.11 Å². The highest BCUT2D eigenvalue weighted by molar-refractivity contribution is 5.29. The van der Waals surface area contributed by atoms with Crippen LogP contribution in [-0.2, 0) is 6.42 Å². The first-order chi connectivity index (χ1) is 5.77. The minimum Gasteiger partial charge on any atom is -0.497 e. The number of hydrogen-bond donors (Lipinski definition) is 0. The van der Waals surface area contributed by atoms with Gasteiger partial charge in [-0.25, -0.2) is 4.39 Å². The minimum absolute atomic E-state index is 0.241. The molecule has 0 bridgehead atoms. The van der Waals surface area contributed by atoms with Crippen molar-refractivity contribution in [2.45, 2.75) is 6.42 Å². The smallest absolute Gasteiger partial charge is 0.130 e. The molecule has 64 valence electrons. The maximum Gasteiger partial charge on any atom is 0.130 e. The lowest BCUT2D eigenvalue weighted by Crippen LogP contribution is -1.90. The van der Waals surface area contributed by atoms with Crippen molar-refractivity contribution in [1.29, 1.82) is 0 Å². The molecule has 0 radical (unpaired) electrons. The molecular formula is C10H11FO. The number of halogens is 1. The molecule has 0 aromatic heterocycles. The third-order valence-corrected chi connectivity index (χ3v) is 1.62. The predicted molar refractivity (Wildman–Crippen MR) is 46.9 cm³/mol. The molecule has 0 saturated carbocycles. The van der Waals surface area contributed by atoms with Gasteiger partial charge in [0.15, 0.2) is 0 Å². The molecule has 0 N–H and O–H groups in total. The molecule has 0 atom stereocenters. The van der Waals surface area contributed by atoms with Gasteiger partial charge in [-0.3, -0.25) is 0 Å². The van der Waals surface area contributed by atoms with E-state index >= 15 is 0 Å². The first kappa shape index (κ1) is 8.78. The topological polar surface area (TPSA) is 9.23 Å². The number of benzene rings is 1. The van der Waals surface area contributed by atoms with Gasteiger partial charge in [0.1, 0.15) is 11.6 Å². The molecule has 0 fully saturated rings. The monoisotopic (exact) mass is 166 g/mol. The van der Waals surface area contributed by atoms with Gasteiger partial charge in [0.25, 0.3) is 0 Å². The van der Waals surface area contributed by atoms with Gasteiger partial charge in [0.05, 0.1) is 7.11 Å². The van der Waals surface area contributed by atoms with Gasteiger partial charge in [-0.1, -0.05) is 12.1 Å². The van der Waals surface area contributed by atoms with Crippen molar-refractivity contribution >= 4 is 0 Å². The molecule has 0 aliphatic heterocycles. The molecule has 0 spiro atoms. The molecule has 0 unspecified atom stereocenters. The van der Waals surface area contributed by atoms with Crippen LogP contribution in [0.3, 0.4) is 0 Å². The Balaban J connectivity index is 2.94. The van der Waals surface area contributed by atoms with E-state index in [1.54, 1.807) is 18.2 Å². The number of allylic oxidation sites excluding steroid dienone is 1. The number of ether oxygens (including phenoxy) is 1. The number of rotatable bonds is 3. The highest BCUT2D eigenvalue weighted by Crippen LogP contribution is 2.16. The third-order valence-electron chi connectivity index (χ3n) is 1.62. The summed E-state index contributed by atoms with van der Waals surface area (Å²) < 4.78 is 18.0. The molecule has 0 amide bonds. The summed E-state index contributed by atoms with van der Waals surface area (Å²) in [5, 5.41) is 0. The van der Waals surface area contributed by atoms with Crippen LogP contribution >= 0.6 is 0 Å². The Morgan fingerprint density at radius 3 is 2.83 bits per heavy atom. The van der Waals surface area contributed by atoms with Crippen molar-refractivity contribution in [1.82, 2.24) is 0 Å². The molecule has 0 aliphatic rings. The first-order valence-electron chi connectivity index (χ1n) is 3.71. The van der Waals surface area contributed by atoms with Crippen molar-refractivity contribution in [2.75, 3.05) is 7.11 Å². The molecule has 0 aliphatic carbocycles. The Labute approximate surface area is 71.5 Å². The Morgan fingerprint density at radius 1 is 1.58 bits per heavy atom. The van der Waals surface area contributed by atoms with E-state index in [1.165, 1.54) is 13.2 Å². The Morgan fingerprint density at radius 2 is 2.33 bits per heavy atom. The van der Waals surface area contributed by atoms with Gasteiger partial charge in [-0.15, -0.1) is 6.58 Å². The van der Waals surface area contributed by atoms with E-state index in [0.717, 1.165) is 0 Å². The summed E-state index contributed by atoms with van der Waals surface area (Å²) in [6.07, 6.45) is 2.22. The van der Waals surface area contributed by atoms with Crippen molar-refractivity contribution in [2.24, 2.45) is 0 Å². The lowest BCUT2D eigenvalue weighted by molar-refractivity contribution is 0.411. The molecule has 0 saturated heterocycles. The number of hydrogen-bond acceptors (Lipinski definition) is 1. The molecule has 1 nitrogen and oxygen atoms in total. The van der Waals surface area contributed by atoms with Crippen LogP contribution in [0.2, 0.25) is 0 Å². The van der Waals surface area contributed by atoms with E-state index in [9.17, 15) is 4.39 Å². The van der Waals surface area contributed by atoms with Crippen LogP contribution in [0.25, 0.3) is 0 Å². The van der Waals surface area contributed by atoms with Crippen molar-refractivity contribution in [3.8, 4) is 5.75 Å². The van der Waals surface area contributed by atoms with E-state index in [1.807, 2.05) is 0 Å². The van der Waals surface area contributed by atoms with E-state index < -0.39 is 0 Å². The van der Waals surface area contributed by atoms with E-state index in [2.05, 4.69) is 6.58 Å². The van der Waals surface area contributed by atoms with Gasteiger partial charge in [0, 0.05) is 6.07 Å². The Kier molecular flexibility index (Phi) is 2.86. The van der Waals surface area contributed by atoms with Gasteiger partial charge in [0.2, 0.25) is 0 Å². The van der Waals surface area contributed by atoms with Gasteiger partial charge in [-0.2, -0.15) is 0 Å². The summed E-state index contributed by atoms with van der Waals surface area (Å²) >= 11 is 0. The summed E-state index contributed by atoms with van der Waals surface area (Å²) in [4.78, 5) is 0. The normalized spacial score (nSPS) is 9.50. The molecule has 12 heavy (non-hydrogen) atoms. The SMILES string of the molecule is C=CCc1ccc(OC)cc1F. The van der Waals surface area contributed by atoms with E-state index in [0.29, 0.717) is 17.7 Å². The standard InChI is InChI=1S/C10H11FO/c1-3-4-8-5-6-9(12-2)7-10(8)11/h3,5-7H,1,4H2,2H3. The quantitative estimate of drug-likeness (QED) is 0.627. The number of methoxy groups -OCH3 is 1. The maximum absolute atomic E-state index is 13.1. The van der Waals surface area contributed by atoms with Crippen LogP contribution in [0.5, 0.6) is 5.75 Å². The second-order valence-electron chi connectivity index (χ2n) is 2.45. The summed E-state index contributed by atoms with van der Waals surface area (Å²) in [5.74, 6) is 0.301. The molecule has 1 aromatic rings. The highest BCUT2D eigenvalue weighted by Gasteiger charge is 2.00. The Bertz CT molecular complexity index is 281. The van der Waals surface area contributed by atoms with Crippen LogP contribution in [0.1, 0.15) is 5.56 Å². The van der Waals surface area contributed by atoms with Gasteiger partial charge >= 0.3 is 0 Å². The van der Waals surface area contributed by atoms with Gasteiger partial charge in [-0.05, 0) is 18.1 Å². The minimum atomic E-state index is -0.241. The molecular weight excluding hydrogens is 155 g/mol. The summed E-state index contributed by atoms with van der Waals surface area (Å²) in [7, 11) is 1.52. The first-order valence-corrected chi connectivity index (χ1v) is 3.71. The average Bonchev–Trinajstić information content (AvgIpc) is 2.09. The van der Waals surface area contributed by atoms with Crippen LogP contribution in [0, 0.1) is 5.82 Å². The van der Waals surface area contributed by atoms with Gasteiger partial charge < -0.3 is 4.74 Å². The lowest BCUT2D eigenvalue weighted by Gasteiger charge is -2.02. The fourth-order valence-corrected chi connectivity index (χ4v) is 0.976. The zero-order valence-corrected chi connectivity index (χ0v) is 7.01. The van der Waals surface area contributed by atoms with Crippen molar-refractivity contribution in [3.05, 3.63) is 42.2 Å². The Hall–Kier alpha value is -1.31. The zero-order valence-electron chi connectivity index (χ0n) is 7.01. The molecule has 1 rings (SSSR count). The fraction of sp³-hybridized carbons (Fsp3) is 0.200. The van der Waals surface area contributed by atoms with Crippen molar-refractivity contribution < 1.29 is 9.13 Å². The highest BCUT2D eigenvalue weighted by atomic mass is 19.1. The largest absolute Gasteiger partial charge is 0.497 e. The fourth-order valence-electron chi connectivity index (χ4n) is 0.976. The molecule has 2 heteroatoms. The van der Waals surface area contributed by atoms with Crippen LogP contribution < -0.4 is 4.74 Å². The van der Waals surface area contributed by atoms with Crippen molar-refractivity contribution in [3.63, 3.8) is 0 Å². The molecule has 0 heterocycles. The second-order valence-corrected chi connectivity index (χ2v) is 2.45. The summed E-state index contributed by atoms with van der Waals surface area (Å²) in [6.45, 7) is 3.54. The average molecular weight is 166 g/mol. The summed E-state index contributed by atoms with van der Waals surface area (Å²) in [6, 6.07) is 4.82. The van der Waals surface area contributed by atoms with E-state index in [-0.39, 0.29) is 5.82 Å². The van der Waals surface area contributed by atoms with Crippen LogP contribution in [0.15, 0.2) is 30.9 Å².